The number of hydrogen-bond donors (Lipinski definition) is 1. The van der Waals surface area contributed by atoms with Crippen molar-refractivity contribution < 1.29 is 13.2 Å². The zero-order valence-corrected chi connectivity index (χ0v) is 10.1. The molecule has 2 fully saturated rings. The van der Waals surface area contributed by atoms with Gasteiger partial charge in [0.2, 0.25) is 0 Å². The minimum atomic E-state index is -2.83. The van der Waals surface area contributed by atoms with Gasteiger partial charge in [0.15, 0.2) is 9.84 Å². The fourth-order valence-corrected chi connectivity index (χ4v) is 4.08. The highest BCUT2D eigenvalue weighted by atomic mass is 32.2. The Morgan fingerprint density at radius 3 is 2.67 bits per heavy atom. The SMILES string of the molecule is CC1(C)COC(C2CCCS(=O)(=O)C2)N1. The highest BCUT2D eigenvalue weighted by molar-refractivity contribution is 7.91. The fourth-order valence-electron chi connectivity index (χ4n) is 2.32. The molecule has 5 heteroatoms. The van der Waals surface area contributed by atoms with Gasteiger partial charge in [0.1, 0.15) is 6.23 Å². The third-order valence-electron chi connectivity index (χ3n) is 3.08. The molecule has 0 amide bonds. The quantitative estimate of drug-likeness (QED) is 0.718. The predicted molar refractivity (Wildman–Crippen MR) is 58.3 cm³/mol. The third-order valence-corrected chi connectivity index (χ3v) is 4.93. The van der Waals surface area contributed by atoms with Gasteiger partial charge in [0, 0.05) is 11.5 Å². The minimum Gasteiger partial charge on any atom is -0.361 e. The van der Waals surface area contributed by atoms with Crippen LogP contribution in [0.4, 0.5) is 0 Å². The van der Waals surface area contributed by atoms with Crippen LogP contribution in [-0.4, -0.2) is 38.3 Å². The Labute approximate surface area is 91.3 Å². The van der Waals surface area contributed by atoms with Crippen LogP contribution in [-0.2, 0) is 14.6 Å². The molecule has 2 atom stereocenters. The summed E-state index contributed by atoms with van der Waals surface area (Å²) in [4.78, 5) is 0. The summed E-state index contributed by atoms with van der Waals surface area (Å²) in [5.74, 6) is 0.755. The molecule has 0 aromatic rings. The van der Waals surface area contributed by atoms with E-state index in [1.807, 2.05) is 0 Å². The van der Waals surface area contributed by atoms with Crippen molar-refractivity contribution in [1.82, 2.24) is 5.32 Å². The van der Waals surface area contributed by atoms with Crippen LogP contribution < -0.4 is 5.32 Å². The molecule has 88 valence electrons. The predicted octanol–water partition coefficient (Wildman–Crippen LogP) is 0.536. The van der Waals surface area contributed by atoms with Gasteiger partial charge in [-0.15, -0.1) is 0 Å². The van der Waals surface area contributed by atoms with Crippen LogP contribution >= 0.6 is 0 Å². The Morgan fingerprint density at radius 2 is 2.13 bits per heavy atom. The highest BCUT2D eigenvalue weighted by Gasteiger charge is 2.38. The van der Waals surface area contributed by atoms with Crippen molar-refractivity contribution in [3.8, 4) is 0 Å². The maximum atomic E-state index is 11.5. The van der Waals surface area contributed by atoms with Crippen molar-refractivity contribution in [2.24, 2.45) is 5.92 Å². The molecule has 0 radical (unpaired) electrons. The van der Waals surface area contributed by atoms with Gasteiger partial charge in [-0.3, -0.25) is 5.32 Å². The van der Waals surface area contributed by atoms with E-state index < -0.39 is 9.84 Å². The Bertz CT molecular complexity index is 337. The van der Waals surface area contributed by atoms with E-state index in [1.165, 1.54) is 0 Å². The lowest BCUT2D eigenvalue weighted by molar-refractivity contribution is 0.0539. The number of ether oxygens (including phenoxy) is 1. The van der Waals surface area contributed by atoms with Crippen LogP contribution in [0.3, 0.4) is 0 Å². The molecule has 0 aliphatic carbocycles. The first-order chi connectivity index (χ1) is 6.88. The number of nitrogens with one attached hydrogen (secondary N) is 1. The molecule has 2 aliphatic rings. The second kappa shape index (κ2) is 3.71. The molecule has 2 heterocycles. The zero-order chi connectivity index (χ0) is 11.1. The largest absolute Gasteiger partial charge is 0.361 e. The molecule has 2 saturated heterocycles. The second-order valence-corrected chi connectivity index (χ2v) is 7.51. The Kier molecular flexibility index (Phi) is 2.81. The summed E-state index contributed by atoms with van der Waals surface area (Å²) < 4.78 is 28.6. The Balaban J connectivity index is 2.00. The van der Waals surface area contributed by atoms with E-state index in [0.717, 1.165) is 12.8 Å². The van der Waals surface area contributed by atoms with Gasteiger partial charge in [-0.05, 0) is 26.7 Å². The minimum absolute atomic E-state index is 0.0219. The van der Waals surface area contributed by atoms with Gasteiger partial charge in [-0.1, -0.05) is 0 Å². The Hall–Kier alpha value is -0.130. The van der Waals surface area contributed by atoms with Gasteiger partial charge >= 0.3 is 0 Å². The van der Waals surface area contributed by atoms with Gasteiger partial charge < -0.3 is 4.74 Å². The van der Waals surface area contributed by atoms with Gasteiger partial charge in [-0.25, -0.2) is 8.42 Å². The van der Waals surface area contributed by atoms with Gasteiger partial charge in [0.05, 0.1) is 18.1 Å². The fraction of sp³-hybridized carbons (Fsp3) is 1.00. The summed E-state index contributed by atoms with van der Waals surface area (Å²) in [5, 5.41) is 3.35. The first-order valence-electron chi connectivity index (χ1n) is 5.48. The molecule has 15 heavy (non-hydrogen) atoms. The third kappa shape index (κ3) is 2.71. The average molecular weight is 233 g/mol. The van der Waals surface area contributed by atoms with E-state index in [4.69, 9.17) is 4.74 Å². The van der Waals surface area contributed by atoms with Crippen molar-refractivity contribution in [3.05, 3.63) is 0 Å². The molecule has 2 rings (SSSR count). The van der Waals surface area contributed by atoms with Crippen molar-refractivity contribution in [3.63, 3.8) is 0 Å². The molecule has 0 saturated carbocycles. The summed E-state index contributed by atoms with van der Waals surface area (Å²) >= 11 is 0. The van der Waals surface area contributed by atoms with Gasteiger partial charge in [0.25, 0.3) is 0 Å². The van der Waals surface area contributed by atoms with E-state index in [0.29, 0.717) is 12.4 Å². The number of rotatable bonds is 1. The summed E-state index contributed by atoms with van der Waals surface area (Å²) in [5.41, 5.74) is -0.0219. The van der Waals surface area contributed by atoms with Crippen molar-refractivity contribution in [2.75, 3.05) is 18.1 Å². The molecular formula is C10H19NO3S. The monoisotopic (exact) mass is 233 g/mol. The van der Waals surface area contributed by atoms with E-state index in [2.05, 4.69) is 19.2 Å². The van der Waals surface area contributed by atoms with Gasteiger partial charge in [-0.2, -0.15) is 0 Å². The Morgan fingerprint density at radius 1 is 1.40 bits per heavy atom. The number of sulfone groups is 1. The maximum Gasteiger partial charge on any atom is 0.150 e. The van der Waals surface area contributed by atoms with E-state index in [-0.39, 0.29) is 23.4 Å². The van der Waals surface area contributed by atoms with Crippen LogP contribution in [0.25, 0.3) is 0 Å². The molecule has 0 aromatic carbocycles. The van der Waals surface area contributed by atoms with Crippen LogP contribution in [0.15, 0.2) is 0 Å². The highest BCUT2D eigenvalue weighted by Crippen LogP contribution is 2.27. The second-order valence-electron chi connectivity index (χ2n) is 5.28. The van der Waals surface area contributed by atoms with Crippen molar-refractivity contribution in [1.29, 1.82) is 0 Å². The maximum absolute atomic E-state index is 11.5. The van der Waals surface area contributed by atoms with E-state index in [1.54, 1.807) is 0 Å². The summed E-state index contributed by atoms with van der Waals surface area (Å²) in [6, 6.07) is 0. The molecule has 0 bridgehead atoms. The van der Waals surface area contributed by atoms with Crippen LogP contribution in [0, 0.1) is 5.92 Å². The lowest BCUT2D eigenvalue weighted by Gasteiger charge is -2.27. The average Bonchev–Trinajstić information content (AvgIpc) is 2.44. The molecule has 2 unspecified atom stereocenters. The van der Waals surface area contributed by atoms with E-state index >= 15 is 0 Å². The topological polar surface area (TPSA) is 55.4 Å². The molecule has 0 aromatic heterocycles. The summed E-state index contributed by atoms with van der Waals surface area (Å²) in [6.45, 7) is 4.81. The van der Waals surface area contributed by atoms with Crippen LogP contribution in [0.1, 0.15) is 26.7 Å². The molecule has 4 nitrogen and oxygen atoms in total. The summed E-state index contributed by atoms with van der Waals surface area (Å²) in [6.07, 6.45) is 1.65. The van der Waals surface area contributed by atoms with Crippen molar-refractivity contribution >= 4 is 9.84 Å². The van der Waals surface area contributed by atoms with Crippen LogP contribution in [0.2, 0.25) is 0 Å². The van der Waals surface area contributed by atoms with Crippen molar-refractivity contribution in [2.45, 2.75) is 38.5 Å². The lowest BCUT2D eigenvalue weighted by Crippen LogP contribution is -2.45. The zero-order valence-electron chi connectivity index (χ0n) is 9.32. The van der Waals surface area contributed by atoms with Crippen LogP contribution in [0.5, 0.6) is 0 Å². The first-order valence-corrected chi connectivity index (χ1v) is 7.30. The normalized spacial score (nSPS) is 39.1. The standard InChI is InChI=1S/C10H19NO3S/c1-10(2)7-14-9(11-10)8-4-3-5-15(12,13)6-8/h8-9,11H,3-7H2,1-2H3. The first kappa shape index (κ1) is 11.4. The lowest BCUT2D eigenvalue weighted by atomic mass is 10.0. The molecule has 2 aliphatic heterocycles. The van der Waals surface area contributed by atoms with E-state index in [9.17, 15) is 8.42 Å². The number of hydrogen-bond acceptors (Lipinski definition) is 4. The molecular weight excluding hydrogens is 214 g/mol. The smallest absolute Gasteiger partial charge is 0.150 e. The molecule has 1 N–H and O–H groups in total. The summed E-state index contributed by atoms with van der Waals surface area (Å²) in [7, 11) is -2.83. The molecule has 0 spiro atoms.